The van der Waals surface area contributed by atoms with E-state index in [2.05, 4.69) is 0 Å². The predicted octanol–water partition coefficient (Wildman–Crippen LogP) is -2.64. The largest absolute Gasteiger partial charge is 0.394 e. The van der Waals surface area contributed by atoms with E-state index < -0.39 is 109 Å². The van der Waals surface area contributed by atoms with Crippen LogP contribution in [0.5, 0.6) is 0 Å². The number of ketones is 3. The number of benzene rings is 3. The summed E-state index contributed by atoms with van der Waals surface area (Å²) >= 11 is 0. The van der Waals surface area contributed by atoms with Crippen LogP contribution in [-0.4, -0.2) is 160 Å². The van der Waals surface area contributed by atoms with Crippen LogP contribution < -0.4 is 0 Å². The molecule has 0 saturated carbocycles. The lowest BCUT2D eigenvalue weighted by atomic mass is 9.80. The van der Waals surface area contributed by atoms with Gasteiger partial charge in [0.25, 0.3) is 0 Å². The minimum atomic E-state index is -3.21. The fourth-order valence-corrected chi connectivity index (χ4v) is 7.21. The molecule has 3 fully saturated rings. The van der Waals surface area contributed by atoms with Crippen molar-refractivity contribution >= 4 is 17.3 Å². The fourth-order valence-electron chi connectivity index (χ4n) is 7.21. The van der Waals surface area contributed by atoms with Crippen molar-refractivity contribution in [2.24, 2.45) is 0 Å². The van der Waals surface area contributed by atoms with E-state index in [1.807, 2.05) is 0 Å². The first kappa shape index (κ1) is 37.9. The van der Waals surface area contributed by atoms with Gasteiger partial charge in [0.05, 0.1) is 19.8 Å². The molecule has 3 saturated heterocycles. The van der Waals surface area contributed by atoms with Crippen molar-refractivity contribution in [2.75, 3.05) is 19.8 Å². The summed E-state index contributed by atoms with van der Waals surface area (Å²) in [6.07, 6.45) is -19.6. The maximum Gasteiger partial charge on any atom is 0.201 e. The number of hydrogen-bond acceptors (Lipinski definition) is 16. The smallest absolute Gasteiger partial charge is 0.201 e. The Bertz CT molecular complexity index is 1550. The number of rotatable bonds is 12. The van der Waals surface area contributed by atoms with Gasteiger partial charge in [-0.05, 0) is 0 Å². The highest BCUT2D eigenvalue weighted by Gasteiger charge is 2.74. The van der Waals surface area contributed by atoms with Crippen LogP contribution in [0, 0.1) is 0 Å². The Morgan fingerprint density at radius 3 is 0.923 bits per heavy atom. The number of carbonyl (C=O) groups is 3. The normalized spacial score (nSPS) is 37.4. The van der Waals surface area contributed by atoms with Gasteiger partial charge in [-0.3, -0.25) is 14.4 Å². The lowest BCUT2D eigenvalue weighted by molar-refractivity contribution is -0.276. The van der Waals surface area contributed by atoms with Crippen LogP contribution in [0.15, 0.2) is 91.0 Å². The first-order valence-electron chi connectivity index (χ1n) is 16.4. The van der Waals surface area contributed by atoms with Crippen molar-refractivity contribution in [2.45, 2.75) is 72.1 Å². The molecule has 0 radical (unpaired) electrons. The van der Waals surface area contributed by atoms with E-state index in [4.69, 9.17) is 14.2 Å². The van der Waals surface area contributed by atoms with E-state index >= 15 is 0 Å². The Hall–Kier alpha value is -3.85. The highest BCUT2D eigenvalue weighted by molar-refractivity contribution is 6.05. The van der Waals surface area contributed by atoms with Crippen molar-refractivity contribution < 1.29 is 74.6 Å². The topological polar surface area (TPSA) is 264 Å². The van der Waals surface area contributed by atoms with Gasteiger partial charge in [-0.1, -0.05) is 91.0 Å². The van der Waals surface area contributed by atoms with Gasteiger partial charge in [0, 0.05) is 16.7 Å². The van der Waals surface area contributed by atoms with Gasteiger partial charge < -0.3 is 60.2 Å². The van der Waals surface area contributed by atoms with E-state index in [0.717, 1.165) is 0 Å². The van der Waals surface area contributed by atoms with E-state index in [1.54, 1.807) is 18.2 Å². The molecule has 16 heteroatoms. The summed E-state index contributed by atoms with van der Waals surface area (Å²) < 4.78 is 17.7. The molecule has 3 heterocycles. The monoisotopic (exact) mass is 725 g/mol. The van der Waals surface area contributed by atoms with E-state index in [-0.39, 0.29) is 16.7 Å². The summed E-state index contributed by atoms with van der Waals surface area (Å²) in [4.78, 5) is 43.3. The third kappa shape index (κ3) is 5.73. The molecular formula is C36H39NO15. The lowest BCUT2D eigenvalue weighted by Crippen LogP contribution is -2.73. The maximum atomic E-state index is 14.3. The second-order valence-corrected chi connectivity index (χ2v) is 13.0. The number of aliphatic hydroxyl groups excluding tert-OH is 6. The summed E-state index contributed by atoms with van der Waals surface area (Å²) in [5.74, 6) is -3.72. The molecule has 12 atom stereocenters. The highest BCUT2D eigenvalue weighted by atomic mass is 16.6. The Morgan fingerprint density at radius 1 is 0.481 bits per heavy atom. The number of nitrogens with zero attached hydrogens (tertiary/aromatic N) is 1. The van der Waals surface area contributed by atoms with E-state index in [0.29, 0.717) is 4.90 Å². The summed E-state index contributed by atoms with van der Waals surface area (Å²) in [7, 11) is 0. The third-order valence-electron chi connectivity index (χ3n) is 10.0. The van der Waals surface area contributed by atoms with Gasteiger partial charge in [0.15, 0.2) is 35.5 Å². The van der Waals surface area contributed by atoms with Gasteiger partial charge in [-0.25, -0.2) is 4.90 Å². The molecular weight excluding hydrogens is 686 g/mol. The second kappa shape index (κ2) is 14.5. The zero-order valence-corrected chi connectivity index (χ0v) is 27.4. The molecule has 16 nitrogen and oxygen atoms in total. The zero-order valence-electron chi connectivity index (χ0n) is 27.4. The van der Waals surface area contributed by atoms with Gasteiger partial charge in [-0.2, -0.15) is 0 Å². The van der Waals surface area contributed by atoms with Crippen LogP contribution in [0.3, 0.4) is 0 Å². The summed E-state index contributed by atoms with van der Waals surface area (Å²) in [5.41, 5.74) is -10.2. The molecule has 3 aliphatic rings. The molecule has 0 amide bonds. The number of Topliss-reactive ketones (excluding diaryl/α,β-unsaturated/α-hetero) is 3. The van der Waals surface area contributed by atoms with Crippen molar-refractivity contribution in [3.8, 4) is 0 Å². The molecule has 3 aromatic carbocycles. The van der Waals surface area contributed by atoms with E-state index in [1.165, 1.54) is 72.8 Å². The fraction of sp³-hybridized carbons (Fsp3) is 0.417. The standard InChI is InChI=1S/C36H39NO15/c38-16-22-28(44)34(47,25(41)19-10-4-1-5-11-19)31(50-22)37(32-35(48,29(45)23(17-39)51-32)26(42)20-12-6-2-7-13-20)33-36(49,30(46)24(18-40)52-33)27(43)21-14-8-3-9-15-21/h1-15,22-24,28-33,38-40,44-49H,16-18H2/t22-,23-,24-,28-,29-,30-,31?,32?,33?,34-,35-,36-/m1/s1. The van der Waals surface area contributed by atoms with Crippen LogP contribution in [-0.2, 0) is 14.2 Å². The molecule has 3 aromatic rings. The van der Waals surface area contributed by atoms with Crippen molar-refractivity contribution in [3.05, 3.63) is 108 Å². The molecule has 3 unspecified atom stereocenters. The van der Waals surface area contributed by atoms with Crippen molar-refractivity contribution in [3.63, 3.8) is 0 Å². The Labute approximate surface area is 296 Å². The van der Waals surface area contributed by atoms with Crippen molar-refractivity contribution in [1.82, 2.24) is 4.90 Å². The predicted molar refractivity (Wildman–Crippen MR) is 174 cm³/mol. The Morgan fingerprint density at radius 2 is 0.712 bits per heavy atom. The van der Waals surface area contributed by atoms with Gasteiger partial charge in [0.2, 0.25) is 17.3 Å². The van der Waals surface area contributed by atoms with Gasteiger partial charge in [-0.15, -0.1) is 0 Å². The molecule has 0 aromatic heterocycles. The summed E-state index contributed by atoms with van der Waals surface area (Å²) in [6, 6.07) is 21.0. The lowest BCUT2D eigenvalue weighted by Gasteiger charge is -2.48. The first-order chi connectivity index (χ1) is 24.8. The zero-order chi connectivity index (χ0) is 37.6. The highest BCUT2D eigenvalue weighted by Crippen LogP contribution is 2.48. The average Bonchev–Trinajstić information content (AvgIpc) is 3.71. The number of carbonyl (C=O) groups excluding carboxylic acids is 3. The first-order valence-corrected chi connectivity index (χ1v) is 16.4. The van der Waals surface area contributed by atoms with Crippen molar-refractivity contribution in [1.29, 1.82) is 0 Å². The molecule has 52 heavy (non-hydrogen) atoms. The summed E-state index contributed by atoms with van der Waals surface area (Å²) in [5, 5.41) is 102. The SMILES string of the molecule is O=C(c1ccccc1)[C@]1(O)C(N(C2O[C@H](CO)[C@@H](O)[C@]2(O)C(=O)c2ccccc2)C2O[C@H](CO)[C@@H](O)[C@]2(O)C(=O)c2ccccc2)O[C@H](CO)[C@H]1O. The Balaban J connectivity index is 1.63. The van der Waals surface area contributed by atoms with Crippen LogP contribution in [0.2, 0.25) is 0 Å². The summed E-state index contributed by atoms with van der Waals surface area (Å²) in [6.45, 7) is -3.09. The average molecular weight is 726 g/mol. The molecule has 3 aliphatic heterocycles. The second-order valence-electron chi connectivity index (χ2n) is 13.0. The van der Waals surface area contributed by atoms with Crippen LogP contribution in [0.1, 0.15) is 31.1 Å². The quantitative estimate of drug-likeness (QED) is 0.0865. The number of hydrogen-bond donors (Lipinski definition) is 9. The maximum absolute atomic E-state index is 14.3. The number of ether oxygens (including phenoxy) is 3. The van der Waals surface area contributed by atoms with E-state index in [9.17, 15) is 60.3 Å². The van der Waals surface area contributed by atoms with Gasteiger partial charge in [0.1, 0.15) is 36.6 Å². The minimum absolute atomic E-state index is 0.205. The molecule has 9 N–H and O–H groups in total. The van der Waals surface area contributed by atoms with Gasteiger partial charge >= 0.3 is 0 Å². The number of aliphatic hydroxyl groups is 9. The minimum Gasteiger partial charge on any atom is -0.394 e. The molecule has 0 spiro atoms. The molecule has 278 valence electrons. The third-order valence-corrected chi connectivity index (χ3v) is 10.0. The Kier molecular flexibility index (Phi) is 10.6. The van der Waals surface area contributed by atoms with Crippen LogP contribution in [0.4, 0.5) is 0 Å². The van der Waals surface area contributed by atoms with Crippen LogP contribution >= 0.6 is 0 Å². The molecule has 0 aliphatic carbocycles. The molecule has 6 rings (SSSR count). The van der Waals surface area contributed by atoms with Crippen LogP contribution in [0.25, 0.3) is 0 Å². The molecule has 0 bridgehead atoms.